The van der Waals surface area contributed by atoms with Gasteiger partial charge in [0.15, 0.2) is 0 Å². The first-order chi connectivity index (χ1) is 9.58. The maximum Gasteiger partial charge on any atom is 0.133 e. The van der Waals surface area contributed by atoms with E-state index in [-0.39, 0.29) is 0 Å². The van der Waals surface area contributed by atoms with Gasteiger partial charge < -0.3 is 4.74 Å². The van der Waals surface area contributed by atoms with Gasteiger partial charge in [0.1, 0.15) is 11.2 Å². The molecule has 20 heavy (non-hydrogen) atoms. The first-order valence-corrected chi connectivity index (χ1v) is 8.33. The topological polar surface area (TPSA) is 33.0 Å². The standard InChI is InChI=1S/C17H25NOS/c1-5-8-19-17-7-6-15(10-16(17)13(2)3)9-14(4)11-20-12-18/h6-7,10,13-14H,5,8-9,11H2,1-4H3. The van der Waals surface area contributed by atoms with Crippen molar-refractivity contribution in [3.05, 3.63) is 29.3 Å². The van der Waals surface area contributed by atoms with E-state index in [9.17, 15) is 0 Å². The molecule has 3 heteroatoms. The predicted octanol–water partition coefficient (Wildman–Crippen LogP) is 4.99. The van der Waals surface area contributed by atoms with Crippen molar-refractivity contribution in [3.8, 4) is 11.2 Å². The van der Waals surface area contributed by atoms with Crippen LogP contribution in [0.3, 0.4) is 0 Å². The molecule has 110 valence electrons. The second kappa shape index (κ2) is 8.92. The summed E-state index contributed by atoms with van der Waals surface area (Å²) in [6.45, 7) is 9.49. The van der Waals surface area contributed by atoms with E-state index in [4.69, 9.17) is 10.00 Å². The lowest BCUT2D eigenvalue weighted by Crippen LogP contribution is -2.05. The van der Waals surface area contributed by atoms with Gasteiger partial charge in [0, 0.05) is 5.75 Å². The molecule has 1 atom stereocenters. The summed E-state index contributed by atoms with van der Waals surface area (Å²) in [6, 6.07) is 6.53. The average Bonchev–Trinajstić information content (AvgIpc) is 2.43. The molecular formula is C17H25NOS. The Bertz CT molecular complexity index is 451. The Morgan fingerprint density at radius 2 is 2.05 bits per heavy atom. The zero-order valence-corrected chi connectivity index (χ0v) is 13.8. The van der Waals surface area contributed by atoms with Gasteiger partial charge >= 0.3 is 0 Å². The molecule has 0 amide bonds. The number of ether oxygens (including phenoxy) is 1. The summed E-state index contributed by atoms with van der Waals surface area (Å²) in [5, 5.41) is 10.8. The van der Waals surface area contributed by atoms with Gasteiger partial charge in [-0.05, 0) is 53.6 Å². The molecule has 1 rings (SSSR count). The van der Waals surface area contributed by atoms with Crippen molar-refractivity contribution in [2.24, 2.45) is 5.92 Å². The Morgan fingerprint density at radius 1 is 1.30 bits per heavy atom. The van der Waals surface area contributed by atoms with Gasteiger partial charge in [-0.2, -0.15) is 5.26 Å². The van der Waals surface area contributed by atoms with Crippen molar-refractivity contribution < 1.29 is 4.74 Å². The largest absolute Gasteiger partial charge is 0.493 e. The van der Waals surface area contributed by atoms with Crippen LogP contribution < -0.4 is 4.74 Å². The molecule has 1 unspecified atom stereocenters. The quantitative estimate of drug-likeness (QED) is 0.632. The summed E-state index contributed by atoms with van der Waals surface area (Å²) in [7, 11) is 0. The fourth-order valence-electron chi connectivity index (χ4n) is 2.16. The Morgan fingerprint density at radius 3 is 2.65 bits per heavy atom. The van der Waals surface area contributed by atoms with Crippen LogP contribution in [-0.4, -0.2) is 12.4 Å². The molecule has 0 saturated carbocycles. The molecule has 0 fully saturated rings. The molecule has 0 N–H and O–H groups in total. The minimum atomic E-state index is 0.464. The Balaban J connectivity index is 2.79. The second-order valence-electron chi connectivity index (χ2n) is 5.59. The van der Waals surface area contributed by atoms with Gasteiger partial charge in [-0.25, -0.2) is 0 Å². The zero-order chi connectivity index (χ0) is 15.0. The van der Waals surface area contributed by atoms with Gasteiger partial charge in [0.05, 0.1) is 6.61 Å². The van der Waals surface area contributed by atoms with Gasteiger partial charge in [-0.3, -0.25) is 0 Å². The van der Waals surface area contributed by atoms with Gasteiger partial charge in [0.25, 0.3) is 0 Å². The molecule has 0 aromatic heterocycles. The first kappa shape index (κ1) is 16.9. The van der Waals surface area contributed by atoms with Crippen LogP contribution in [0.5, 0.6) is 5.75 Å². The van der Waals surface area contributed by atoms with Crippen LogP contribution in [0.25, 0.3) is 0 Å². The SMILES string of the molecule is CCCOc1ccc(CC(C)CSC#N)cc1C(C)C. The van der Waals surface area contributed by atoms with Crippen molar-refractivity contribution in [1.29, 1.82) is 5.26 Å². The monoisotopic (exact) mass is 291 g/mol. The molecule has 0 aliphatic carbocycles. The summed E-state index contributed by atoms with van der Waals surface area (Å²) < 4.78 is 5.83. The molecule has 0 radical (unpaired) electrons. The average molecular weight is 291 g/mol. The van der Waals surface area contributed by atoms with E-state index < -0.39 is 0 Å². The van der Waals surface area contributed by atoms with E-state index >= 15 is 0 Å². The van der Waals surface area contributed by atoms with Crippen molar-refractivity contribution in [2.45, 2.75) is 46.5 Å². The van der Waals surface area contributed by atoms with E-state index in [1.807, 2.05) is 0 Å². The third kappa shape index (κ3) is 5.46. The molecule has 0 saturated heterocycles. The van der Waals surface area contributed by atoms with Crippen molar-refractivity contribution in [3.63, 3.8) is 0 Å². The Kier molecular flexibility index (Phi) is 7.54. The van der Waals surface area contributed by atoms with Gasteiger partial charge in [-0.1, -0.05) is 39.8 Å². The van der Waals surface area contributed by atoms with E-state index in [0.717, 1.165) is 31.0 Å². The van der Waals surface area contributed by atoms with Crippen LogP contribution in [0, 0.1) is 16.6 Å². The lowest BCUT2D eigenvalue weighted by molar-refractivity contribution is 0.313. The van der Waals surface area contributed by atoms with E-state index in [2.05, 4.69) is 51.3 Å². The molecule has 1 aromatic rings. The number of nitriles is 1. The van der Waals surface area contributed by atoms with E-state index in [1.54, 1.807) is 0 Å². The number of rotatable bonds is 8. The third-order valence-corrected chi connectivity index (χ3v) is 4.04. The minimum absolute atomic E-state index is 0.464. The zero-order valence-electron chi connectivity index (χ0n) is 13.0. The number of thioether (sulfide) groups is 1. The van der Waals surface area contributed by atoms with Crippen LogP contribution in [0.1, 0.15) is 51.2 Å². The summed E-state index contributed by atoms with van der Waals surface area (Å²) >= 11 is 1.34. The molecule has 0 aliphatic heterocycles. The van der Waals surface area contributed by atoms with Crippen molar-refractivity contribution >= 4 is 11.8 Å². The summed E-state index contributed by atoms with van der Waals surface area (Å²) in [5.41, 5.74) is 2.62. The highest BCUT2D eigenvalue weighted by Crippen LogP contribution is 2.29. The fraction of sp³-hybridized carbons (Fsp3) is 0.588. The molecular weight excluding hydrogens is 266 g/mol. The molecule has 2 nitrogen and oxygen atoms in total. The van der Waals surface area contributed by atoms with Crippen LogP contribution in [0.15, 0.2) is 18.2 Å². The fourth-order valence-corrected chi connectivity index (χ4v) is 2.64. The molecule has 0 heterocycles. The number of hydrogen-bond donors (Lipinski definition) is 0. The van der Waals surface area contributed by atoms with E-state index in [1.165, 1.54) is 22.9 Å². The Labute approximate surface area is 127 Å². The highest BCUT2D eigenvalue weighted by Gasteiger charge is 2.11. The summed E-state index contributed by atoms with van der Waals surface area (Å²) in [6.07, 6.45) is 2.05. The molecule has 0 aliphatic rings. The van der Waals surface area contributed by atoms with Crippen LogP contribution in [-0.2, 0) is 6.42 Å². The van der Waals surface area contributed by atoms with Crippen LogP contribution >= 0.6 is 11.8 Å². The highest BCUT2D eigenvalue weighted by molar-refractivity contribution is 8.03. The predicted molar refractivity (Wildman–Crippen MR) is 87.3 cm³/mol. The van der Waals surface area contributed by atoms with Gasteiger partial charge in [-0.15, -0.1) is 0 Å². The first-order valence-electron chi connectivity index (χ1n) is 7.35. The minimum Gasteiger partial charge on any atom is -0.493 e. The third-order valence-electron chi connectivity index (χ3n) is 3.17. The van der Waals surface area contributed by atoms with Crippen molar-refractivity contribution in [2.75, 3.05) is 12.4 Å². The smallest absolute Gasteiger partial charge is 0.133 e. The second-order valence-corrected chi connectivity index (χ2v) is 6.39. The Hall–Kier alpha value is -1.14. The maximum absolute atomic E-state index is 8.61. The van der Waals surface area contributed by atoms with Crippen LogP contribution in [0.4, 0.5) is 0 Å². The summed E-state index contributed by atoms with van der Waals surface area (Å²) in [4.78, 5) is 0. The maximum atomic E-state index is 8.61. The van der Waals surface area contributed by atoms with Crippen molar-refractivity contribution in [1.82, 2.24) is 0 Å². The van der Waals surface area contributed by atoms with E-state index in [0.29, 0.717) is 11.8 Å². The lowest BCUT2D eigenvalue weighted by atomic mass is 9.95. The number of thiocyanates is 1. The molecule has 1 aromatic carbocycles. The number of hydrogen-bond acceptors (Lipinski definition) is 3. The van der Waals surface area contributed by atoms with Gasteiger partial charge in [0.2, 0.25) is 0 Å². The number of benzene rings is 1. The highest BCUT2D eigenvalue weighted by atomic mass is 32.2. The lowest BCUT2D eigenvalue weighted by Gasteiger charge is -2.16. The normalized spacial score (nSPS) is 12.2. The summed E-state index contributed by atoms with van der Waals surface area (Å²) in [5.74, 6) is 2.89. The number of nitrogens with zero attached hydrogens (tertiary/aromatic N) is 1. The van der Waals surface area contributed by atoms with Crippen LogP contribution in [0.2, 0.25) is 0 Å². The molecule has 0 bridgehead atoms. The molecule has 0 spiro atoms.